The van der Waals surface area contributed by atoms with Gasteiger partial charge >= 0.3 is 11.9 Å². The summed E-state index contributed by atoms with van der Waals surface area (Å²) in [5, 5.41) is 0. The molecule has 3 rings (SSSR count). The molecule has 3 nitrogen and oxygen atoms in total. The molecule has 0 aliphatic heterocycles. The molecule has 0 aromatic rings. The van der Waals surface area contributed by atoms with Crippen LogP contribution in [0.5, 0.6) is 0 Å². The summed E-state index contributed by atoms with van der Waals surface area (Å²) < 4.78 is 5.66. The predicted molar refractivity (Wildman–Crippen MR) is 154 cm³/mol. The highest BCUT2D eigenvalue weighted by Gasteiger charge is 2.49. The molecule has 0 spiro atoms. The van der Waals surface area contributed by atoms with Gasteiger partial charge in [0.05, 0.1) is 0 Å². The van der Waals surface area contributed by atoms with Crippen molar-refractivity contribution in [3.63, 3.8) is 0 Å². The zero-order valence-corrected chi connectivity index (χ0v) is 23.9. The van der Waals surface area contributed by atoms with Crippen LogP contribution in [0.4, 0.5) is 0 Å². The van der Waals surface area contributed by atoms with E-state index >= 15 is 0 Å². The Balaban J connectivity index is 2.19. The van der Waals surface area contributed by atoms with Gasteiger partial charge in [-0.2, -0.15) is 0 Å². The van der Waals surface area contributed by atoms with Gasteiger partial charge in [0.15, 0.2) is 0 Å². The van der Waals surface area contributed by atoms with Gasteiger partial charge in [0.2, 0.25) is 0 Å². The van der Waals surface area contributed by atoms with E-state index in [1.54, 1.807) is 0 Å². The minimum absolute atomic E-state index is 0.310. The Kier molecular flexibility index (Phi) is 13.8. The first-order valence-electron chi connectivity index (χ1n) is 16.0. The summed E-state index contributed by atoms with van der Waals surface area (Å²) in [4.78, 5) is 26.8. The van der Waals surface area contributed by atoms with Crippen molar-refractivity contribution >= 4 is 11.9 Å². The monoisotopic (exact) mass is 510 g/mol. The van der Waals surface area contributed by atoms with Crippen LogP contribution < -0.4 is 0 Å². The number of hydrogen-bond acceptors (Lipinski definition) is 3. The number of allylic oxidation sites excluding steroid dienone is 3. The number of ether oxygens (including phenoxy) is 1. The third-order valence-corrected chi connectivity index (χ3v) is 8.86. The fourth-order valence-corrected chi connectivity index (χ4v) is 6.88. The molecule has 3 heteroatoms. The van der Waals surface area contributed by atoms with Crippen molar-refractivity contribution < 1.29 is 14.3 Å². The van der Waals surface area contributed by atoms with Crippen LogP contribution in [0.1, 0.15) is 161 Å². The van der Waals surface area contributed by atoms with Gasteiger partial charge in [0, 0.05) is 6.92 Å². The minimum atomic E-state index is -0.886. The zero-order chi connectivity index (χ0) is 26.2. The van der Waals surface area contributed by atoms with Crippen LogP contribution in [0.2, 0.25) is 0 Å². The van der Waals surface area contributed by atoms with Gasteiger partial charge in [-0.15, -0.1) is 0 Å². The average molecular weight is 511 g/mol. The minimum Gasteiger partial charge on any atom is -0.392 e. The first-order valence-corrected chi connectivity index (χ1v) is 16.0. The Labute approximate surface area is 227 Å². The molecular formula is C34H54O3. The first-order chi connectivity index (χ1) is 18.2. The van der Waals surface area contributed by atoms with Gasteiger partial charge in [-0.05, 0) is 93.8 Å². The molecule has 0 fully saturated rings. The van der Waals surface area contributed by atoms with Gasteiger partial charge < -0.3 is 4.74 Å². The molecular weight excluding hydrogens is 456 g/mol. The Morgan fingerprint density at radius 1 is 0.514 bits per heavy atom. The van der Waals surface area contributed by atoms with E-state index < -0.39 is 11.4 Å². The van der Waals surface area contributed by atoms with E-state index in [0.29, 0.717) is 0 Å². The highest BCUT2D eigenvalue weighted by atomic mass is 16.6. The molecule has 0 saturated heterocycles. The van der Waals surface area contributed by atoms with Crippen molar-refractivity contribution in [1.82, 2.24) is 0 Å². The highest BCUT2D eigenvalue weighted by molar-refractivity contribution is 5.95. The van der Waals surface area contributed by atoms with E-state index in [4.69, 9.17) is 4.74 Å². The smallest absolute Gasteiger partial charge is 0.332 e. The van der Waals surface area contributed by atoms with E-state index in [-0.39, 0.29) is 5.97 Å². The zero-order valence-electron chi connectivity index (χ0n) is 23.9. The lowest BCUT2D eigenvalue weighted by molar-refractivity contribution is -0.162. The topological polar surface area (TPSA) is 43.4 Å². The van der Waals surface area contributed by atoms with Crippen LogP contribution in [0, 0.1) is 5.41 Å². The van der Waals surface area contributed by atoms with Crippen LogP contribution in [0.3, 0.4) is 0 Å². The van der Waals surface area contributed by atoms with Crippen LogP contribution in [-0.2, 0) is 14.3 Å². The maximum atomic E-state index is 14.5. The number of rotatable bonds is 4. The normalized spacial score (nSPS) is 23.8. The number of hydrogen-bond donors (Lipinski definition) is 0. The summed E-state index contributed by atoms with van der Waals surface area (Å²) in [6.45, 7) is 1.40. The molecule has 0 heterocycles. The van der Waals surface area contributed by atoms with E-state index in [2.05, 4.69) is 18.2 Å². The van der Waals surface area contributed by atoms with E-state index in [9.17, 15) is 9.59 Å². The van der Waals surface area contributed by atoms with E-state index in [1.807, 2.05) is 0 Å². The maximum absolute atomic E-state index is 14.5. The fourth-order valence-electron chi connectivity index (χ4n) is 6.88. The third kappa shape index (κ3) is 9.25. The molecule has 0 amide bonds. The van der Waals surface area contributed by atoms with Crippen LogP contribution in [-0.4, -0.2) is 11.9 Å². The summed E-state index contributed by atoms with van der Waals surface area (Å²) >= 11 is 0. The quantitative estimate of drug-likeness (QED) is 0.215. The molecule has 0 unspecified atom stereocenters. The van der Waals surface area contributed by atoms with Gasteiger partial charge in [-0.3, -0.25) is 4.79 Å². The van der Waals surface area contributed by atoms with Gasteiger partial charge in [0.1, 0.15) is 5.41 Å². The second kappa shape index (κ2) is 17.0. The number of esters is 2. The Bertz CT molecular complexity index is 716. The van der Waals surface area contributed by atoms with E-state index in [0.717, 1.165) is 57.8 Å². The van der Waals surface area contributed by atoms with Crippen molar-refractivity contribution in [1.29, 1.82) is 0 Å². The molecule has 0 N–H and O–H groups in total. The van der Waals surface area contributed by atoms with Gasteiger partial charge in [0.25, 0.3) is 0 Å². The largest absolute Gasteiger partial charge is 0.392 e. The highest BCUT2D eigenvalue weighted by Crippen LogP contribution is 2.51. The molecule has 0 aromatic carbocycles. The Morgan fingerprint density at radius 2 is 0.811 bits per heavy atom. The molecule has 0 bridgehead atoms. The average Bonchev–Trinajstić information content (AvgIpc) is 2.90. The summed E-state index contributed by atoms with van der Waals surface area (Å²) in [7, 11) is 0. The molecule has 0 radical (unpaired) electrons. The van der Waals surface area contributed by atoms with Crippen molar-refractivity contribution in [3.05, 3.63) is 34.9 Å². The van der Waals surface area contributed by atoms with Crippen molar-refractivity contribution in [3.8, 4) is 0 Å². The lowest BCUT2D eigenvalue weighted by atomic mass is 9.63. The molecule has 3 aliphatic carbocycles. The Morgan fingerprint density at radius 3 is 1.14 bits per heavy atom. The van der Waals surface area contributed by atoms with Crippen LogP contribution >= 0.6 is 0 Å². The summed E-state index contributed by atoms with van der Waals surface area (Å²) in [6.07, 6.45) is 35.2. The molecule has 208 valence electrons. The number of carbonyl (C=O) groups excluding carboxylic acids is 2. The third-order valence-electron chi connectivity index (χ3n) is 8.86. The molecule has 0 aromatic heterocycles. The summed E-state index contributed by atoms with van der Waals surface area (Å²) in [5.41, 5.74) is 2.84. The fraction of sp³-hybridized carbons (Fsp3) is 0.765. The molecule has 0 saturated carbocycles. The number of carbonyl (C=O) groups is 2. The van der Waals surface area contributed by atoms with Crippen molar-refractivity contribution in [2.24, 2.45) is 5.41 Å². The second-order valence-corrected chi connectivity index (χ2v) is 11.8. The lowest BCUT2D eigenvalue weighted by Gasteiger charge is -2.40. The standard InChI is InChI=1S/C34H54O3/c1-29(35)37-33(36)34(30-23-17-11-5-2-6-12-18-24-30,31-25-19-13-7-3-8-14-20-26-31)32-27-21-15-9-4-10-16-22-28-32/h23,25,27H,2-22,24,26,28H2,1H3. The molecule has 3 aliphatic rings. The second-order valence-electron chi connectivity index (χ2n) is 11.8. The lowest BCUT2D eigenvalue weighted by Crippen LogP contribution is -2.40. The van der Waals surface area contributed by atoms with Crippen molar-refractivity contribution in [2.45, 2.75) is 161 Å². The van der Waals surface area contributed by atoms with Gasteiger partial charge in [-0.25, -0.2) is 4.79 Å². The Hall–Kier alpha value is -1.64. The SMILES string of the molecule is CC(=O)OC(=O)C(C1=CCCCCCCCC1)(C1=CCCCCCCCC1)C1=CCCCCCCCC1. The molecule has 0 atom stereocenters. The van der Waals surface area contributed by atoms with Crippen molar-refractivity contribution in [2.75, 3.05) is 0 Å². The maximum Gasteiger partial charge on any atom is 0.332 e. The van der Waals surface area contributed by atoms with Crippen LogP contribution in [0.15, 0.2) is 34.9 Å². The summed E-state index contributed by atoms with van der Waals surface area (Å²) in [5.74, 6) is -0.786. The molecule has 37 heavy (non-hydrogen) atoms. The van der Waals surface area contributed by atoms with Gasteiger partial charge in [-0.1, -0.05) is 95.3 Å². The predicted octanol–water partition coefficient (Wildman–Crippen LogP) is 10.2. The van der Waals surface area contributed by atoms with E-state index in [1.165, 1.54) is 120 Å². The van der Waals surface area contributed by atoms with Crippen LogP contribution in [0.25, 0.3) is 0 Å². The first kappa shape index (κ1) is 29.9. The summed E-state index contributed by atoms with van der Waals surface area (Å²) in [6, 6.07) is 0.